The molecule has 1 aromatic heterocycles. The van der Waals surface area contributed by atoms with Gasteiger partial charge in [0.25, 0.3) is 0 Å². The molecule has 7 heteroatoms. The molecule has 1 aromatic carbocycles. The molecule has 0 saturated carbocycles. The van der Waals surface area contributed by atoms with Gasteiger partial charge in [-0.05, 0) is 38.3 Å². The Bertz CT molecular complexity index is 786. The van der Waals surface area contributed by atoms with Crippen molar-refractivity contribution >= 4 is 28.9 Å². The number of carbonyl (C=O) groups excluding carboxylic acids is 1. The van der Waals surface area contributed by atoms with Crippen molar-refractivity contribution in [2.45, 2.75) is 33.2 Å². The average Bonchev–Trinajstić information content (AvgIpc) is 3.08. The lowest BCUT2D eigenvalue weighted by atomic mass is 10.0. The number of hydrogen-bond donors (Lipinski definition) is 2. The molecule has 0 saturated heterocycles. The summed E-state index contributed by atoms with van der Waals surface area (Å²) in [6.07, 6.45) is 3.89. The number of hydrogen-bond acceptors (Lipinski definition) is 4. The maximum Gasteiger partial charge on any atom is 0.248 e. The van der Waals surface area contributed by atoms with Gasteiger partial charge >= 0.3 is 0 Å². The number of thiazole rings is 1. The zero-order valence-corrected chi connectivity index (χ0v) is 16.1. The fourth-order valence-corrected chi connectivity index (χ4v) is 3.74. The summed E-state index contributed by atoms with van der Waals surface area (Å²) in [7, 11) is 0. The number of aromatic nitrogens is 1. The first kappa shape index (κ1) is 18.4. The molecule has 0 unspecified atom stereocenters. The summed E-state index contributed by atoms with van der Waals surface area (Å²) in [5.74, 6) is 0.665. The van der Waals surface area contributed by atoms with E-state index in [1.165, 1.54) is 10.4 Å². The number of para-hydroxylation sites is 1. The van der Waals surface area contributed by atoms with E-state index in [1.807, 2.05) is 43.1 Å². The molecule has 0 aliphatic carbocycles. The Balaban J connectivity index is 1.63. The van der Waals surface area contributed by atoms with Crippen LogP contribution in [0.15, 0.2) is 35.5 Å². The van der Waals surface area contributed by atoms with Crippen molar-refractivity contribution in [3.05, 3.63) is 45.9 Å². The van der Waals surface area contributed by atoms with Crippen LogP contribution >= 0.6 is 11.3 Å². The molecule has 6 nitrogen and oxygen atoms in total. The lowest BCUT2D eigenvalue weighted by molar-refractivity contribution is -0.117. The Kier molecular flexibility index (Phi) is 6.22. The van der Waals surface area contributed by atoms with Crippen LogP contribution < -0.4 is 15.5 Å². The molecule has 0 bridgehead atoms. The smallest absolute Gasteiger partial charge is 0.248 e. The Labute approximate surface area is 158 Å². The Morgan fingerprint density at radius 2 is 2.19 bits per heavy atom. The summed E-state index contributed by atoms with van der Waals surface area (Å²) < 4.78 is 0. The highest BCUT2D eigenvalue weighted by molar-refractivity contribution is 7.11. The first-order valence-corrected chi connectivity index (χ1v) is 9.80. The Morgan fingerprint density at radius 1 is 1.35 bits per heavy atom. The molecule has 2 aromatic rings. The third-order valence-electron chi connectivity index (χ3n) is 4.20. The molecule has 2 heterocycles. The van der Waals surface area contributed by atoms with E-state index in [4.69, 9.17) is 0 Å². The van der Waals surface area contributed by atoms with Gasteiger partial charge < -0.3 is 15.5 Å². The van der Waals surface area contributed by atoms with Crippen molar-refractivity contribution in [3.63, 3.8) is 0 Å². The van der Waals surface area contributed by atoms with Crippen LogP contribution in [0.5, 0.6) is 0 Å². The monoisotopic (exact) mass is 371 g/mol. The number of guanidine groups is 1. The van der Waals surface area contributed by atoms with Gasteiger partial charge in [-0.25, -0.2) is 9.98 Å². The molecule has 0 spiro atoms. The van der Waals surface area contributed by atoms with E-state index in [9.17, 15) is 4.79 Å². The van der Waals surface area contributed by atoms with Gasteiger partial charge in [0.15, 0.2) is 5.96 Å². The predicted octanol–water partition coefficient (Wildman–Crippen LogP) is 2.49. The Morgan fingerprint density at radius 3 is 2.96 bits per heavy atom. The number of amides is 1. The number of carbonyl (C=O) groups is 1. The highest BCUT2D eigenvalue weighted by Gasteiger charge is 2.21. The molecule has 138 valence electrons. The van der Waals surface area contributed by atoms with E-state index in [0.717, 1.165) is 36.6 Å². The van der Waals surface area contributed by atoms with E-state index in [-0.39, 0.29) is 12.5 Å². The molecule has 0 radical (unpaired) electrons. The van der Waals surface area contributed by atoms with Crippen LogP contribution in [0.1, 0.15) is 28.8 Å². The van der Waals surface area contributed by atoms with Crippen LogP contribution in [0.2, 0.25) is 0 Å². The lowest BCUT2D eigenvalue weighted by Crippen LogP contribution is -2.40. The van der Waals surface area contributed by atoms with Crippen LogP contribution in [0.25, 0.3) is 0 Å². The second kappa shape index (κ2) is 8.80. The number of fused-ring (bicyclic) bond motifs is 1. The highest BCUT2D eigenvalue weighted by Crippen LogP contribution is 2.26. The van der Waals surface area contributed by atoms with Crippen LogP contribution in [0.4, 0.5) is 5.69 Å². The number of nitrogens with zero attached hydrogens (tertiary/aromatic N) is 3. The van der Waals surface area contributed by atoms with Crippen molar-refractivity contribution in [3.8, 4) is 0 Å². The molecule has 26 heavy (non-hydrogen) atoms. The van der Waals surface area contributed by atoms with Crippen LogP contribution in [0, 0.1) is 6.92 Å². The summed E-state index contributed by atoms with van der Waals surface area (Å²) in [6.45, 7) is 6.27. The van der Waals surface area contributed by atoms with Gasteiger partial charge in [0.1, 0.15) is 11.6 Å². The number of nitrogens with one attached hydrogen (secondary N) is 2. The molecule has 2 N–H and O–H groups in total. The topological polar surface area (TPSA) is 69.6 Å². The summed E-state index contributed by atoms with van der Waals surface area (Å²) in [4.78, 5) is 24.5. The molecule has 1 aliphatic rings. The van der Waals surface area contributed by atoms with Crippen molar-refractivity contribution in [1.29, 1.82) is 0 Å². The fourth-order valence-electron chi connectivity index (χ4n) is 3.01. The molecule has 0 atom stereocenters. The standard InChI is InChI=1S/C19H25N5OS/c1-3-20-19(22-12-17-21-11-14(2)26-17)23-13-18(25)24-10-6-8-15-7-4-5-9-16(15)24/h4-5,7,9,11H,3,6,8,10,12-13H2,1-2H3,(H2,20,22,23). The molecule has 1 aliphatic heterocycles. The van der Waals surface area contributed by atoms with Crippen molar-refractivity contribution in [2.24, 2.45) is 4.99 Å². The van der Waals surface area contributed by atoms with Gasteiger partial charge in [0, 0.05) is 29.9 Å². The number of anilines is 1. The van der Waals surface area contributed by atoms with Crippen LogP contribution in [-0.4, -0.2) is 36.5 Å². The molecule has 1 amide bonds. The number of aryl methyl sites for hydroxylation is 2. The normalized spacial score (nSPS) is 14.1. The van der Waals surface area contributed by atoms with Crippen molar-refractivity contribution in [1.82, 2.24) is 15.6 Å². The number of aliphatic imine (C=N–C) groups is 1. The largest absolute Gasteiger partial charge is 0.357 e. The minimum absolute atomic E-state index is 0.0273. The minimum atomic E-state index is 0.0273. The molecular formula is C19H25N5OS. The summed E-state index contributed by atoms with van der Waals surface area (Å²) in [5, 5.41) is 7.43. The zero-order valence-electron chi connectivity index (χ0n) is 15.3. The number of benzene rings is 1. The van der Waals surface area contributed by atoms with Gasteiger partial charge in [-0.15, -0.1) is 11.3 Å². The SMILES string of the molecule is CCNC(=NCC(=O)N1CCCc2ccccc21)NCc1ncc(C)s1. The van der Waals surface area contributed by atoms with E-state index in [0.29, 0.717) is 12.5 Å². The summed E-state index contributed by atoms with van der Waals surface area (Å²) in [6, 6.07) is 8.12. The summed E-state index contributed by atoms with van der Waals surface area (Å²) >= 11 is 1.66. The third kappa shape index (κ3) is 4.60. The fraction of sp³-hybridized carbons (Fsp3) is 0.421. The van der Waals surface area contributed by atoms with Crippen LogP contribution in [0.3, 0.4) is 0 Å². The lowest BCUT2D eigenvalue weighted by Gasteiger charge is -2.29. The van der Waals surface area contributed by atoms with Gasteiger partial charge in [0.05, 0.1) is 6.54 Å². The molecule has 3 rings (SSSR count). The molecular weight excluding hydrogens is 346 g/mol. The van der Waals surface area contributed by atoms with Gasteiger partial charge in [-0.2, -0.15) is 0 Å². The second-order valence-corrected chi connectivity index (χ2v) is 7.51. The zero-order chi connectivity index (χ0) is 18.4. The van der Waals surface area contributed by atoms with Gasteiger partial charge in [0.2, 0.25) is 5.91 Å². The maximum atomic E-state index is 12.7. The maximum absolute atomic E-state index is 12.7. The van der Waals surface area contributed by atoms with Gasteiger partial charge in [-0.1, -0.05) is 18.2 Å². The Hall–Kier alpha value is -2.41. The van der Waals surface area contributed by atoms with Gasteiger partial charge in [-0.3, -0.25) is 4.79 Å². The third-order valence-corrected chi connectivity index (χ3v) is 5.12. The van der Waals surface area contributed by atoms with E-state index < -0.39 is 0 Å². The van der Waals surface area contributed by atoms with E-state index >= 15 is 0 Å². The molecule has 0 fully saturated rings. The second-order valence-electron chi connectivity index (χ2n) is 6.19. The van der Waals surface area contributed by atoms with Crippen LogP contribution in [-0.2, 0) is 17.8 Å². The predicted molar refractivity (Wildman–Crippen MR) is 107 cm³/mol. The quantitative estimate of drug-likeness (QED) is 0.626. The minimum Gasteiger partial charge on any atom is -0.357 e. The van der Waals surface area contributed by atoms with E-state index in [1.54, 1.807) is 11.3 Å². The highest BCUT2D eigenvalue weighted by atomic mass is 32.1. The van der Waals surface area contributed by atoms with Crippen molar-refractivity contribution < 1.29 is 4.79 Å². The first-order chi connectivity index (χ1) is 12.7. The van der Waals surface area contributed by atoms with E-state index in [2.05, 4.69) is 26.7 Å². The first-order valence-electron chi connectivity index (χ1n) is 8.99. The summed E-state index contributed by atoms with van der Waals surface area (Å²) in [5.41, 5.74) is 2.26. The van der Waals surface area contributed by atoms with Crippen molar-refractivity contribution in [2.75, 3.05) is 24.5 Å². The number of rotatable bonds is 5. The average molecular weight is 372 g/mol.